The van der Waals surface area contributed by atoms with Crippen molar-refractivity contribution in [1.29, 1.82) is 0 Å². The Morgan fingerprint density at radius 2 is 1.92 bits per heavy atom. The van der Waals surface area contributed by atoms with Crippen molar-refractivity contribution in [3.63, 3.8) is 0 Å². The molecule has 1 aromatic carbocycles. The number of aliphatic hydroxyl groups is 1. The van der Waals surface area contributed by atoms with E-state index in [-0.39, 0.29) is 29.4 Å². The molecular formula is C30H35N5O3S. The number of aliphatic hydroxyl groups excluding tert-OH is 1. The van der Waals surface area contributed by atoms with Crippen molar-refractivity contribution in [3.05, 3.63) is 77.5 Å². The number of pyridine rings is 1. The highest BCUT2D eigenvalue weighted by Crippen LogP contribution is 2.52. The molecule has 5 rings (SSSR count). The van der Waals surface area contributed by atoms with Crippen molar-refractivity contribution in [3.8, 4) is 17.6 Å². The summed E-state index contributed by atoms with van der Waals surface area (Å²) >= 11 is -1.17. The van der Waals surface area contributed by atoms with Gasteiger partial charge in [-0.25, -0.2) is 9.97 Å². The topological polar surface area (TPSA) is 106 Å². The van der Waals surface area contributed by atoms with Crippen LogP contribution >= 0.6 is 0 Å². The minimum Gasteiger partial charge on any atom is -0.598 e. The van der Waals surface area contributed by atoms with Crippen molar-refractivity contribution >= 4 is 17.2 Å². The lowest BCUT2D eigenvalue weighted by atomic mass is 9.73. The van der Waals surface area contributed by atoms with E-state index in [9.17, 15) is 9.66 Å². The molecule has 9 heteroatoms. The summed E-state index contributed by atoms with van der Waals surface area (Å²) in [5, 5.41) is 10.1. The fourth-order valence-corrected chi connectivity index (χ4v) is 6.37. The van der Waals surface area contributed by atoms with Crippen LogP contribution in [0.2, 0.25) is 0 Å². The lowest BCUT2D eigenvalue weighted by Gasteiger charge is -2.44. The van der Waals surface area contributed by atoms with Crippen molar-refractivity contribution in [2.75, 3.05) is 24.6 Å². The minimum atomic E-state index is -1.17. The van der Waals surface area contributed by atoms with E-state index < -0.39 is 11.4 Å². The zero-order chi connectivity index (χ0) is 27.5. The van der Waals surface area contributed by atoms with Crippen molar-refractivity contribution in [2.24, 2.45) is 5.41 Å². The van der Waals surface area contributed by atoms with Gasteiger partial charge in [-0.05, 0) is 69.2 Å². The average Bonchev–Trinajstić information content (AvgIpc) is 3.23. The second kappa shape index (κ2) is 11.5. The summed E-state index contributed by atoms with van der Waals surface area (Å²) in [5.74, 6) is 7.32. The third-order valence-corrected chi connectivity index (χ3v) is 9.07. The highest BCUT2D eigenvalue weighted by Gasteiger charge is 2.50. The normalized spacial score (nSPS) is 18.8. The van der Waals surface area contributed by atoms with Gasteiger partial charge in [0.05, 0.1) is 18.8 Å². The molecule has 1 aliphatic heterocycles. The number of benzene rings is 1. The summed E-state index contributed by atoms with van der Waals surface area (Å²) in [7, 11) is 0. The van der Waals surface area contributed by atoms with E-state index in [0.717, 1.165) is 32.4 Å². The summed E-state index contributed by atoms with van der Waals surface area (Å²) in [4.78, 5) is 15.4. The molecule has 2 N–H and O–H groups in total. The molecule has 1 fully saturated rings. The van der Waals surface area contributed by atoms with Gasteiger partial charge in [0.1, 0.15) is 28.5 Å². The van der Waals surface area contributed by atoms with Crippen LogP contribution in [0.4, 0.5) is 5.82 Å². The maximum Gasteiger partial charge on any atom is 0.152 e. The molecule has 3 heterocycles. The third kappa shape index (κ3) is 6.04. The fourth-order valence-electron chi connectivity index (χ4n) is 5.42. The summed E-state index contributed by atoms with van der Waals surface area (Å²) in [6, 6.07) is 12.1. The smallest absolute Gasteiger partial charge is 0.152 e. The van der Waals surface area contributed by atoms with E-state index in [4.69, 9.17) is 4.74 Å². The number of fused-ring (bicyclic) bond motifs is 1. The van der Waals surface area contributed by atoms with Crippen molar-refractivity contribution in [2.45, 2.75) is 57.4 Å². The van der Waals surface area contributed by atoms with Crippen LogP contribution in [0.25, 0.3) is 0 Å². The van der Waals surface area contributed by atoms with Crippen LogP contribution in [0.5, 0.6) is 5.75 Å². The molecule has 1 saturated heterocycles. The summed E-state index contributed by atoms with van der Waals surface area (Å²) in [5.41, 5.74) is 3.59. The molecule has 3 aromatic rings. The molecule has 39 heavy (non-hydrogen) atoms. The predicted octanol–water partition coefficient (Wildman–Crippen LogP) is 3.73. The molecule has 0 bridgehead atoms. The summed E-state index contributed by atoms with van der Waals surface area (Å²) in [6.45, 7) is 7.57. The number of nitrogens with one attached hydrogen (secondary N) is 1. The zero-order valence-electron chi connectivity index (χ0n) is 22.7. The molecule has 1 spiro atoms. The van der Waals surface area contributed by atoms with Gasteiger partial charge in [0.15, 0.2) is 5.82 Å². The Morgan fingerprint density at radius 1 is 1.18 bits per heavy atom. The van der Waals surface area contributed by atoms with E-state index in [1.807, 2.05) is 20.8 Å². The Balaban J connectivity index is 1.28. The van der Waals surface area contributed by atoms with Crippen molar-refractivity contribution in [1.82, 2.24) is 19.7 Å². The molecule has 2 aliphatic rings. The third-order valence-electron chi connectivity index (χ3n) is 7.51. The Morgan fingerprint density at radius 3 is 2.64 bits per heavy atom. The number of nitrogens with zero attached hydrogens (tertiary/aromatic N) is 4. The van der Waals surface area contributed by atoms with Gasteiger partial charge in [0.25, 0.3) is 0 Å². The molecule has 2 aromatic heterocycles. The molecule has 0 saturated carbocycles. The molecular weight excluding hydrogens is 510 g/mol. The van der Waals surface area contributed by atoms with E-state index in [1.54, 1.807) is 30.7 Å². The molecule has 0 amide bonds. The average molecular weight is 546 g/mol. The molecule has 204 valence electrons. The molecule has 2 atom stereocenters. The largest absolute Gasteiger partial charge is 0.598 e. The van der Waals surface area contributed by atoms with Crippen LogP contribution in [-0.4, -0.2) is 49.1 Å². The number of piperidine rings is 1. The van der Waals surface area contributed by atoms with Crippen LogP contribution in [0.15, 0.2) is 55.0 Å². The first-order valence-electron chi connectivity index (χ1n) is 13.3. The molecule has 1 aliphatic carbocycles. The Hall–Kier alpha value is -3.16. The number of aromatic nitrogens is 3. The quantitative estimate of drug-likeness (QED) is 0.357. The lowest BCUT2D eigenvalue weighted by molar-refractivity contribution is 0.175. The number of hydrogen-bond donors (Lipinski definition) is 2. The van der Waals surface area contributed by atoms with E-state index in [0.29, 0.717) is 23.0 Å². The molecule has 8 nitrogen and oxygen atoms in total. The molecule has 0 radical (unpaired) electrons. The van der Waals surface area contributed by atoms with Gasteiger partial charge in [-0.2, -0.15) is 0 Å². The summed E-state index contributed by atoms with van der Waals surface area (Å²) in [6.07, 6.45) is 7.78. The van der Waals surface area contributed by atoms with E-state index in [2.05, 4.69) is 60.7 Å². The van der Waals surface area contributed by atoms with Gasteiger partial charge >= 0.3 is 0 Å². The van der Waals surface area contributed by atoms with Gasteiger partial charge in [-0.3, -0.25) is 4.98 Å². The number of rotatable bonds is 6. The second-order valence-electron chi connectivity index (χ2n) is 11.1. The van der Waals surface area contributed by atoms with Gasteiger partial charge in [0.2, 0.25) is 0 Å². The maximum atomic E-state index is 13.1. The fraction of sp³-hybridized carbons (Fsp3) is 0.433. The number of hydrogen-bond acceptors (Lipinski definition) is 8. The SMILES string of the molecule is CC(C)(C)[S+]([O-])N[C@@H]1c2ccccc2CC12CCN(c1ncc(C#CCOc3ccncc3)nc1CO)CC2. The van der Waals surface area contributed by atoms with E-state index >= 15 is 0 Å². The van der Waals surface area contributed by atoms with Crippen LogP contribution < -0.4 is 14.4 Å². The van der Waals surface area contributed by atoms with Gasteiger partial charge in [-0.1, -0.05) is 30.2 Å². The second-order valence-corrected chi connectivity index (χ2v) is 13.1. The Labute approximate surface area is 233 Å². The van der Waals surface area contributed by atoms with Gasteiger partial charge in [-0.15, -0.1) is 4.72 Å². The highest BCUT2D eigenvalue weighted by molar-refractivity contribution is 7.90. The zero-order valence-corrected chi connectivity index (χ0v) is 23.5. The standard InChI is InChI=1S/C30H35N5O3S/c1-29(2,3)39(37)34-27-25-9-5-4-7-22(25)19-30(27)12-16-35(17-13-30)28-26(21-36)33-23(20-32-28)8-6-18-38-24-10-14-31-15-11-24/h4-5,7,9-11,14-15,20,27,34,36H,12-13,16-19,21H2,1-3H3/t27-,39?/m1/s1. The highest BCUT2D eigenvalue weighted by atomic mass is 32.2. The maximum absolute atomic E-state index is 13.1. The first-order valence-corrected chi connectivity index (χ1v) is 14.4. The number of ether oxygens (including phenoxy) is 1. The monoisotopic (exact) mass is 545 g/mol. The first kappa shape index (κ1) is 27.4. The lowest BCUT2D eigenvalue weighted by Crippen LogP contribution is -2.50. The molecule has 1 unspecified atom stereocenters. The van der Waals surface area contributed by atoms with Crippen molar-refractivity contribution < 1.29 is 14.4 Å². The van der Waals surface area contributed by atoms with Crippen LogP contribution in [0, 0.1) is 17.3 Å². The predicted molar refractivity (Wildman–Crippen MR) is 152 cm³/mol. The first-order chi connectivity index (χ1) is 18.8. The van der Waals surface area contributed by atoms with Crippen LogP contribution in [0.3, 0.4) is 0 Å². The van der Waals surface area contributed by atoms with E-state index in [1.165, 1.54) is 11.1 Å². The van der Waals surface area contributed by atoms with Gasteiger partial charge in [0, 0.05) is 42.3 Å². The van der Waals surface area contributed by atoms with Crippen LogP contribution in [-0.2, 0) is 24.4 Å². The van der Waals surface area contributed by atoms with Crippen LogP contribution in [0.1, 0.15) is 62.2 Å². The number of anilines is 1. The Bertz CT molecular complexity index is 1340. The Kier molecular flexibility index (Phi) is 8.10. The minimum absolute atomic E-state index is 0.0197. The van der Waals surface area contributed by atoms with Gasteiger partial charge < -0.3 is 19.3 Å². The summed E-state index contributed by atoms with van der Waals surface area (Å²) < 4.78 is 21.9.